The van der Waals surface area contributed by atoms with Gasteiger partial charge in [0.15, 0.2) is 11.2 Å². The van der Waals surface area contributed by atoms with Crippen LogP contribution in [0.5, 0.6) is 0 Å². The number of anilines is 6. The zero-order valence-electron chi connectivity index (χ0n) is 46.0. The number of fused-ring (bicyclic) bond motifs is 13. The van der Waals surface area contributed by atoms with Gasteiger partial charge in [-0.1, -0.05) is 255 Å². The van der Waals surface area contributed by atoms with E-state index in [0.717, 1.165) is 122 Å². The van der Waals surface area contributed by atoms with E-state index in [1.165, 1.54) is 42.1 Å². The van der Waals surface area contributed by atoms with E-state index in [1.807, 2.05) is 11.3 Å². The SMILES string of the molecule is c1ccc(-c2ccc(N(c3cc4c(sc5cc(N(c6ccc(-c7ccccc7)cc6)c6cccc7c6oc6c(-c8ccccc8)cccc67)c6ccccc6c54)c4ccccc34)c3cccc4c3oc3c(-c5ccccc5)cccc34)cc2)cc1. The highest BCUT2D eigenvalue weighted by molar-refractivity contribution is 7.27. The van der Waals surface area contributed by atoms with Crippen LogP contribution in [-0.4, -0.2) is 0 Å². The summed E-state index contributed by atoms with van der Waals surface area (Å²) in [5.74, 6) is 0. The number of thiophene rings is 1. The van der Waals surface area contributed by atoms with E-state index in [9.17, 15) is 0 Å². The standard InChI is InChI=1S/C80H50N2O2S/c1-5-21-51(22-6-1)53-41-45-57(46-42-53)81(70-39-19-37-66-64-35-17-33-59(76(64)83-78(66)70)55-25-9-3-10-26-55)72-49-69-75-63-31-15-13-29-61(63)73(50-74(75)85-80(69)68-32-16-14-30-62(68)72)82(58-47-43-54(44-48-58)52-23-7-2-8-24-52)71-40-20-38-67-65-36-18-34-60(77(65)84-79(67)71)56-27-11-4-12-28-56/h1-50H. The molecule has 398 valence electrons. The third kappa shape index (κ3) is 7.97. The first-order valence-corrected chi connectivity index (χ1v) is 29.7. The van der Waals surface area contributed by atoms with Gasteiger partial charge in [-0.25, -0.2) is 0 Å². The van der Waals surface area contributed by atoms with E-state index >= 15 is 0 Å². The van der Waals surface area contributed by atoms with E-state index in [4.69, 9.17) is 8.83 Å². The van der Waals surface area contributed by atoms with Gasteiger partial charge in [-0.3, -0.25) is 0 Å². The van der Waals surface area contributed by atoms with Crippen LogP contribution in [0.15, 0.2) is 312 Å². The molecule has 0 aliphatic rings. The minimum atomic E-state index is 0.829. The van der Waals surface area contributed by atoms with E-state index < -0.39 is 0 Å². The maximum atomic E-state index is 7.25. The van der Waals surface area contributed by atoms with Gasteiger partial charge in [-0.15, -0.1) is 11.3 Å². The second-order valence-corrected chi connectivity index (χ2v) is 22.9. The number of hydrogen-bond acceptors (Lipinski definition) is 5. The van der Waals surface area contributed by atoms with Crippen LogP contribution >= 0.6 is 11.3 Å². The number of hydrogen-bond donors (Lipinski definition) is 0. The Morgan fingerprint density at radius 1 is 0.235 bits per heavy atom. The maximum absolute atomic E-state index is 7.25. The smallest absolute Gasteiger partial charge is 0.159 e. The molecule has 0 spiro atoms. The molecule has 3 aromatic heterocycles. The van der Waals surface area contributed by atoms with Gasteiger partial charge in [0, 0.05) is 80.4 Å². The van der Waals surface area contributed by atoms with Crippen LogP contribution in [0.1, 0.15) is 0 Å². The minimum Gasteiger partial charge on any atom is -0.453 e. The second-order valence-electron chi connectivity index (χ2n) is 21.8. The summed E-state index contributed by atoms with van der Waals surface area (Å²) < 4.78 is 16.9. The molecule has 5 heteroatoms. The highest BCUT2D eigenvalue weighted by Crippen LogP contribution is 2.53. The Hall–Kier alpha value is -11.0. The molecule has 4 nitrogen and oxygen atoms in total. The van der Waals surface area contributed by atoms with Gasteiger partial charge in [0.1, 0.15) is 11.2 Å². The Balaban J connectivity index is 0.915. The summed E-state index contributed by atoms with van der Waals surface area (Å²) in [7, 11) is 0. The number of para-hydroxylation sites is 4. The van der Waals surface area contributed by atoms with E-state index in [2.05, 4.69) is 313 Å². The number of furan rings is 2. The molecule has 0 saturated heterocycles. The van der Waals surface area contributed by atoms with Crippen molar-refractivity contribution in [3.05, 3.63) is 303 Å². The van der Waals surface area contributed by atoms with Gasteiger partial charge < -0.3 is 18.6 Å². The average molecular weight is 1100 g/mol. The topological polar surface area (TPSA) is 32.8 Å². The summed E-state index contributed by atoms with van der Waals surface area (Å²) in [5.41, 5.74) is 18.5. The molecular weight excluding hydrogens is 1050 g/mol. The molecule has 0 radical (unpaired) electrons. The molecule has 0 amide bonds. The highest BCUT2D eigenvalue weighted by Gasteiger charge is 2.28. The average Bonchev–Trinajstić information content (AvgIpc) is 1.88. The van der Waals surface area contributed by atoms with Gasteiger partial charge >= 0.3 is 0 Å². The molecule has 0 unspecified atom stereocenters. The molecule has 0 N–H and O–H groups in total. The molecule has 0 aliphatic heterocycles. The van der Waals surface area contributed by atoms with Crippen molar-refractivity contribution in [3.63, 3.8) is 0 Å². The molecule has 85 heavy (non-hydrogen) atoms. The van der Waals surface area contributed by atoms with Crippen LogP contribution in [0.2, 0.25) is 0 Å². The van der Waals surface area contributed by atoms with Crippen LogP contribution in [0.3, 0.4) is 0 Å². The molecule has 17 aromatic rings. The third-order valence-electron chi connectivity index (χ3n) is 17.0. The van der Waals surface area contributed by atoms with E-state index in [1.54, 1.807) is 0 Å². The lowest BCUT2D eigenvalue weighted by Crippen LogP contribution is -2.11. The van der Waals surface area contributed by atoms with Crippen molar-refractivity contribution >= 4 is 131 Å². The van der Waals surface area contributed by atoms with Gasteiger partial charge in [-0.05, 0) is 87.3 Å². The van der Waals surface area contributed by atoms with Crippen LogP contribution in [0, 0.1) is 0 Å². The van der Waals surface area contributed by atoms with Crippen molar-refractivity contribution < 1.29 is 8.83 Å². The van der Waals surface area contributed by atoms with Gasteiger partial charge in [0.05, 0.1) is 22.7 Å². The van der Waals surface area contributed by atoms with Crippen molar-refractivity contribution in [3.8, 4) is 44.5 Å². The molecule has 14 aromatic carbocycles. The summed E-state index contributed by atoms with van der Waals surface area (Å²) in [4.78, 5) is 4.86. The predicted octanol–water partition coefficient (Wildman–Crippen LogP) is 23.8. The van der Waals surface area contributed by atoms with Gasteiger partial charge in [0.2, 0.25) is 0 Å². The fourth-order valence-corrected chi connectivity index (χ4v) is 14.4. The molecule has 0 atom stereocenters. The zero-order chi connectivity index (χ0) is 56.0. The number of nitrogens with zero attached hydrogens (tertiary/aromatic N) is 2. The summed E-state index contributed by atoms with van der Waals surface area (Å²) >= 11 is 1.86. The minimum absolute atomic E-state index is 0.829. The Bertz CT molecular complexity index is 5400. The zero-order valence-corrected chi connectivity index (χ0v) is 46.8. The second kappa shape index (κ2) is 19.9. The van der Waals surface area contributed by atoms with Crippen molar-refractivity contribution in [1.29, 1.82) is 0 Å². The lowest BCUT2D eigenvalue weighted by Gasteiger charge is -2.28. The first-order valence-electron chi connectivity index (χ1n) is 28.9. The maximum Gasteiger partial charge on any atom is 0.159 e. The van der Waals surface area contributed by atoms with Crippen LogP contribution in [0.25, 0.3) is 130 Å². The van der Waals surface area contributed by atoms with Crippen molar-refractivity contribution in [2.45, 2.75) is 0 Å². The Labute approximate surface area is 494 Å². The molecule has 17 rings (SSSR count). The molecule has 0 fully saturated rings. The van der Waals surface area contributed by atoms with Gasteiger partial charge in [-0.2, -0.15) is 0 Å². The van der Waals surface area contributed by atoms with Crippen LogP contribution < -0.4 is 9.80 Å². The Kier molecular flexibility index (Phi) is 11.4. The number of benzene rings is 14. The fraction of sp³-hybridized carbons (Fsp3) is 0. The van der Waals surface area contributed by atoms with Crippen LogP contribution in [-0.2, 0) is 0 Å². The first-order chi connectivity index (χ1) is 42.2. The molecule has 0 saturated carbocycles. The molecule has 0 bridgehead atoms. The monoisotopic (exact) mass is 1100 g/mol. The van der Waals surface area contributed by atoms with Crippen molar-refractivity contribution in [2.24, 2.45) is 0 Å². The van der Waals surface area contributed by atoms with E-state index in [0.29, 0.717) is 0 Å². The first kappa shape index (κ1) is 48.7. The highest BCUT2D eigenvalue weighted by atomic mass is 32.1. The fourth-order valence-electron chi connectivity index (χ4n) is 13.1. The van der Waals surface area contributed by atoms with Crippen molar-refractivity contribution in [1.82, 2.24) is 0 Å². The number of rotatable bonds is 10. The lowest BCUT2D eigenvalue weighted by molar-refractivity contribution is 0.670. The van der Waals surface area contributed by atoms with Crippen LogP contribution in [0.4, 0.5) is 34.1 Å². The summed E-state index contributed by atoms with van der Waals surface area (Å²) in [6.45, 7) is 0. The third-order valence-corrected chi connectivity index (χ3v) is 18.2. The Morgan fingerprint density at radius 2 is 0.588 bits per heavy atom. The predicted molar refractivity (Wildman–Crippen MR) is 360 cm³/mol. The Morgan fingerprint density at radius 3 is 1.06 bits per heavy atom. The summed E-state index contributed by atoms with van der Waals surface area (Å²) in [6.07, 6.45) is 0. The summed E-state index contributed by atoms with van der Waals surface area (Å²) in [5, 5.41) is 11.3. The quantitative estimate of drug-likeness (QED) is 0.137. The van der Waals surface area contributed by atoms with Crippen molar-refractivity contribution in [2.75, 3.05) is 9.80 Å². The summed E-state index contributed by atoms with van der Waals surface area (Å²) in [6, 6.07) is 109. The lowest BCUT2D eigenvalue weighted by atomic mass is 9.97. The van der Waals surface area contributed by atoms with Gasteiger partial charge in [0.25, 0.3) is 0 Å². The largest absolute Gasteiger partial charge is 0.453 e. The molecular formula is C80H50N2O2S. The molecule has 3 heterocycles. The normalized spacial score (nSPS) is 11.8. The molecule has 0 aliphatic carbocycles. The van der Waals surface area contributed by atoms with E-state index in [-0.39, 0.29) is 0 Å².